The smallest absolute Gasteiger partial charge is 0.331 e. The zero-order valence-corrected chi connectivity index (χ0v) is 14.8. The lowest BCUT2D eigenvalue weighted by molar-refractivity contribution is -0.138. The zero-order valence-electron chi connectivity index (χ0n) is 14.8. The molecule has 1 aromatic carbocycles. The molecule has 0 N–H and O–H groups in total. The van der Waals surface area contributed by atoms with Crippen LogP contribution in [0.5, 0.6) is 5.75 Å². The van der Waals surface area contributed by atoms with Crippen LogP contribution in [0.3, 0.4) is 0 Å². The molecule has 24 heavy (non-hydrogen) atoms. The third-order valence-electron chi connectivity index (χ3n) is 4.80. The van der Waals surface area contributed by atoms with E-state index in [1.54, 1.807) is 6.08 Å². The fourth-order valence-electron chi connectivity index (χ4n) is 3.26. The Labute approximate surface area is 143 Å². The molecule has 0 bridgehead atoms. The highest BCUT2D eigenvalue weighted by Gasteiger charge is 2.45. The first-order valence-corrected chi connectivity index (χ1v) is 8.37. The maximum absolute atomic E-state index is 11.9. The fourth-order valence-corrected chi connectivity index (χ4v) is 3.26. The van der Waals surface area contributed by atoms with Gasteiger partial charge in [0, 0.05) is 24.6 Å². The van der Waals surface area contributed by atoms with E-state index in [4.69, 9.17) is 9.47 Å². The standard InChI is InChI=1S/C20H25NO3/c1-14-5-6-17-16(11-14)20(2)8-7-15(12-18(20)24-17)13-19(22)23-10-9-21(3)4/h5-8,11,13,18H,9-10,12H2,1-4H3/b15-13-. The van der Waals surface area contributed by atoms with Gasteiger partial charge in [0.25, 0.3) is 0 Å². The van der Waals surface area contributed by atoms with Crippen LogP contribution in [0.15, 0.2) is 42.0 Å². The van der Waals surface area contributed by atoms with Gasteiger partial charge >= 0.3 is 5.97 Å². The summed E-state index contributed by atoms with van der Waals surface area (Å²) in [5, 5.41) is 0. The van der Waals surface area contributed by atoms with Crippen molar-refractivity contribution in [2.24, 2.45) is 0 Å². The van der Waals surface area contributed by atoms with E-state index >= 15 is 0 Å². The first-order valence-electron chi connectivity index (χ1n) is 8.37. The molecule has 0 radical (unpaired) electrons. The van der Waals surface area contributed by atoms with Crippen molar-refractivity contribution >= 4 is 5.97 Å². The summed E-state index contributed by atoms with van der Waals surface area (Å²) in [5.74, 6) is 0.666. The molecule has 0 aromatic heterocycles. The van der Waals surface area contributed by atoms with Gasteiger partial charge in [-0.15, -0.1) is 0 Å². The Balaban J connectivity index is 1.72. The molecular weight excluding hydrogens is 302 g/mol. The molecule has 2 unspecified atom stereocenters. The van der Waals surface area contributed by atoms with Crippen LogP contribution in [0, 0.1) is 6.92 Å². The molecule has 0 saturated carbocycles. The summed E-state index contributed by atoms with van der Waals surface area (Å²) >= 11 is 0. The predicted molar refractivity (Wildman–Crippen MR) is 94.3 cm³/mol. The highest BCUT2D eigenvalue weighted by atomic mass is 16.5. The largest absolute Gasteiger partial charge is 0.489 e. The average Bonchev–Trinajstić information content (AvgIpc) is 2.79. The molecule has 0 spiro atoms. The minimum atomic E-state index is -0.286. The average molecular weight is 327 g/mol. The molecule has 1 heterocycles. The Morgan fingerprint density at radius 2 is 2.25 bits per heavy atom. The van der Waals surface area contributed by atoms with Gasteiger partial charge in [0.15, 0.2) is 0 Å². The molecule has 4 heteroatoms. The number of carbonyl (C=O) groups excluding carboxylic acids is 1. The number of hydrogen-bond acceptors (Lipinski definition) is 4. The summed E-state index contributed by atoms with van der Waals surface area (Å²) in [6, 6.07) is 6.31. The van der Waals surface area contributed by atoms with E-state index < -0.39 is 0 Å². The van der Waals surface area contributed by atoms with Gasteiger partial charge in [0.05, 0.1) is 5.41 Å². The van der Waals surface area contributed by atoms with Crippen molar-refractivity contribution in [2.45, 2.75) is 31.8 Å². The van der Waals surface area contributed by atoms with E-state index in [-0.39, 0.29) is 17.5 Å². The van der Waals surface area contributed by atoms with E-state index in [1.807, 2.05) is 31.1 Å². The number of fused-ring (bicyclic) bond motifs is 3. The van der Waals surface area contributed by atoms with Gasteiger partial charge in [-0.25, -0.2) is 4.79 Å². The normalized spacial score (nSPS) is 26.2. The molecule has 4 nitrogen and oxygen atoms in total. The first-order chi connectivity index (χ1) is 11.4. The number of rotatable bonds is 4. The molecule has 2 atom stereocenters. The number of hydrogen-bond donors (Lipinski definition) is 0. The highest BCUT2D eigenvalue weighted by molar-refractivity contribution is 5.83. The minimum Gasteiger partial charge on any atom is -0.489 e. The lowest BCUT2D eigenvalue weighted by Crippen LogP contribution is -2.36. The van der Waals surface area contributed by atoms with Crippen LogP contribution in [0.2, 0.25) is 0 Å². The second-order valence-corrected chi connectivity index (χ2v) is 7.12. The van der Waals surface area contributed by atoms with E-state index in [9.17, 15) is 4.79 Å². The lowest BCUT2D eigenvalue weighted by atomic mass is 9.73. The number of carbonyl (C=O) groups is 1. The van der Waals surface area contributed by atoms with Crippen molar-refractivity contribution < 1.29 is 14.3 Å². The minimum absolute atomic E-state index is 0.0279. The number of nitrogens with zero attached hydrogens (tertiary/aromatic N) is 1. The number of benzene rings is 1. The summed E-state index contributed by atoms with van der Waals surface area (Å²) in [4.78, 5) is 13.9. The maximum Gasteiger partial charge on any atom is 0.331 e. The van der Waals surface area contributed by atoms with Crippen LogP contribution in [0.4, 0.5) is 0 Å². The third kappa shape index (κ3) is 3.24. The highest BCUT2D eigenvalue weighted by Crippen LogP contribution is 2.48. The zero-order chi connectivity index (χ0) is 17.3. The van der Waals surface area contributed by atoms with Gasteiger partial charge < -0.3 is 14.4 Å². The molecular formula is C20H25NO3. The van der Waals surface area contributed by atoms with Crippen molar-refractivity contribution in [1.82, 2.24) is 4.90 Å². The number of ether oxygens (including phenoxy) is 2. The first kappa shape index (κ1) is 16.8. The van der Waals surface area contributed by atoms with Gasteiger partial charge in [0.2, 0.25) is 0 Å². The Morgan fingerprint density at radius 1 is 1.46 bits per heavy atom. The second-order valence-electron chi connectivity index (χ2n) is 7.12. The molecule has 1 aliphatic carbocycles. The quantitative estimate of drug-likeness (QED) is 0.629. The molecule has 2 aliphatic rings. The van der Waals surface area contributed by atoms with Crippen LogP contribution < -0.4 is 4.74 Å². The summed E-state index contributed by atoms with van der Waals surface area (Å²) < 4.78 is 11.4. The number of likely N-dealkylation sites (N-methyl/N-ethyl adjacent to an activating group) is 1. The lowest BCUT2D eigenvalue weighted by Gasteiger charge is -2.31. The summed E-state index contributed by atoms with van der Waals surface area (Å²) in [7, 11) is 3.90. The van der Waals surface area contributed by atoms with Gasteiger partial charge in [0.1, 0.15) is 18.5 Å². The molecule has 3 rings (SSSR count). The van der Waals surface area contributed by atoms with E-state index in [0.717, 1.165) is 17.9 Å². The Bertz CT molecular complexity index is 705. The Hall–Kier alpha value is -2.07. The summed E-state index contributed by atoms with van der Waals surface area (Å²) in [6.07, 6.45) is 6.52. The van der Waals surface area contributed by atoms with E-state index in [1.165, 1.54) is 11.1 Å². The van der Waals surface area contributed by atoms with Crippen molar-refractivity contribution in [1.29, 1.82) is 0 Å². The van der Waals surface area contributed by atoms with Crippen molar-refractivity contribution in [3.8, 4) is 5.75 Å². The molecule has 128 valence electrons. The van der Waals surface area contributed by atoms with E-state index in [0.29, 0.717) is 13.0 Å². The molecule has 0 amide bonds. The van der Waals surface area contributed by atoms with Gasteiger partial charge in [-0.05, 0) is 39.6 Å². The second kappa shape index (κ2) is 6.44. The predicted octanol–water partition coefficient (Wildman–Crippen LogP) is 3.00. The van der Waals surface area contributed by atoms with Crippen LogP contribution >= 0.6 is 0 Å². The SMILES string of the molecule is Cc1ccc2c(c1)C1(C)C=C/C(=C/C(=O)OCCN(C)C)CC1O2. The molecule has 0 fully saturated rings. The molecule has 1 aliphatic heterocycles. The van der Waals surface area contributed by atoms with Crippen molar-refractivity contribution in [2.75, 3.05) is 27.2 Å². The van der Waals surface area contributed by atoms with E-state index in [2.05, 4.69) is 32.1 Å². The van der Waals surface area contributed by atoms with Crippen LogP contribution in [0.1, 0.15) is 24.5 Å². The van der Waals surface area contributed by atoms with Crippen LogP contribution in [-0.2, 0) is 14.9 Å². The number of allylic oxidation sites excluding steroid dienone is 1. The van der Waals surface area contributed by atoms with Crippen LogP contribution in [-0.4, -0.2) is 44.2 Å². The van der Waals surface area contributed by atoms with Crippen LogP contribution in [0.25, 0.3) is 0 Å². The van der Waals surface area contributed by atoms with Crippen molar-refractivity contribution in [3.63, 3.8) is 0 Å². The maximum atomic E-state index is 11.9. The fraction of sp³-hybridized carbons (Fsp3) is 0.450. The Morgan fingerprint density at radius 3 is 3.00 bits per heavy atom. The van der Waals surface area contributed by atoms with Gasteiger partial charge in [-0.2, -0.15) is 0 Å². The monoisotopic (exact) mass is 327 g/mol. The summed E-state index contributed by atoms with van der Waals surface area (Å²) in [5.41, 5.74) is 3.29. The number of aryl methyl sites for hydroxylation is 1. The third-order valence-corrected chi connectivity index (χ3v) is 4.80. The van der Waals surface area contributed by atoms with Gasteiger partial charge in [-0.1, -0.05) is 29.8 Å². The van der Waals surface area contributed by atoms with Crippen molar-refractivity contribution in [3.05, 3.63) is 53.1 Å². The molecule has 0 saturated heterocycles. The number of esters is 1. The topological polar surface area (TPSA) is 38.8 Å². The summed E-state index contributed by atoms with van der Waals surface area (Å²) in [6.45, 7) is 5.43. The molecule has 1 aromatic rings. The van der Waals surface area contributed by atoms with Gasteiger partial charge in [-0.3, -0.25) is 0 Å². The Kier molecular flexibility index (Phi) is 4.50.